The molecule has 0 radical (unpaired) electrons. The van der Waals surface area contributed by atoms with Crippen LogP contribution >= 0.6 is 0 Å². The maximum absolute atomic E-state index is 13.3. The highest BCUT2D eigenvalue weighted by atomic mass is 16.5. The number of phenolic OH excluding ortho intramolecular Hbond substituents is 1. The molecule has 2 heterocycles. The van der Waals surface area contributed by atoms with E-state index in [4.69, 9.17) is 4.74 Å². The van der Waals surface area contributed by atoms with Crippen molar-refractivity contribution in [2.75, 3.05) is 7.11 Å². The van der Waals surface area contributed by atoms with Gasteiger partial charge < -0.3 is 19.8 Å². The van der Waals surface area contributed by atoms with Crippen LogP contribution in [0.1, 0.15) is 22.7 Å². The molecule has 2 aromatic carbocycles. The number of amides is 1. The number of nitrogens with one attached hydrogen (secondary N) is 1. The number of nitrogens with zero attached hydrogens (tertiary/aromatic N) is 1. The lowest BCUT2D eigenvalue weighted by molar-refractivity contribution is -0.378. The number of aromatic nitrogens is 1. The Kier molecular flexibility index (Phi) is 5.41. The van der Waals surface area contributed by atoms with Crippen molar-refractivity contribution in [1.29, 1.82) is 0 Å². The molecular formula is C24H20N2O5. The summed E-state index contributed by atoms with van der Waals surface area (Å²) in [6.07, 6.45) is 3.46. The third kappa shape index (κ3) is 3.73. The van der Waals surface area contributed by atoms with E-state index >= 15 is 0 Å². The van der Waals surface area contributed by atoms with Crippen molar-refractivity contribution in [3.8, 4) is 11.5 Å². The highest BCUT2D eigenvalue weighted by Gasteiger charge is 2.44. The first-order chi connectivity index (χ1) is 15.0. The first-order valence-corrected chi connectivity index (χ1v) is 9.65. The van der Waals surface area contributed by atoms with Crippen LogP contribution in [0.3, 0.4) is 0 Å². The molecule has 1 aliphatic heterocycles. The van der Waals surface area contributed by atoms with E-state index in [-0.39, 0.29) is 23.6 Å². The fraction of sp³-hybridized carbons (Fsp3) is 0.125. The molecule has 1 aromatic heterocycles. The average molecular weight is 416 g/mol. The van der Waals surface area contributed by atoms with Gasteiger partial charge in [0.1, 0.15) is 0 Å². The second-order valence-electron chi connectivity index (χ2n) is 7.12. The van der Waals surface area contributed by atoms with Gasteiger partial charge in [-0.25, -0.2) is 4.98 Å². The topological polar surface area (TPSA) is 104 Å². The van der Waals surface area contributed by atoms with Crippen molar-refractivity contribution >= 4 is 17.4 Å². The summed E-state index contributed by atoms with van der Waals surface area (Å²) in [6, 6.07) is 15.6. The number of benzene rings is 2. The minimum atomic E-state index is -0.914. The zero-order chi connectivity index (χ0) is 22.0. The van der Waals surface area contributed by atoms with Crippen molar-refractivity contribution in [2.24, 2.45) is 0 Å². The summed E-state index contributed by atoms with van der Waals surface area (Å²) in [5.74, 6) is -1.98. The molecule has 1 amide bonds. The van der Waals surface area contributed by atoms with Crippen LogP contribution < -0.4 is 14.8 Å². The second-order valence-corrected chi connectivity index (χ2v) is 7.12. The number of likely N-dealkylation sites (tertiary alicyclic amines) is 1. The molecule has 1 saturated heterocycles. The van der Waals surface area contributed by atoms with Gasteiger partial charge in [0.2, 0.25) is 5.78 Å². The predicted octanol–water partition coefficient (Wildman–Crippen LogP) is 1.64. The second kappa shape index (κ2) is 8.31. The molecule has 0 spiro atoms. The number of ether oxygens (including phenoxy) is 1. The molecule has 1 unspecified atom stereocenters. The first-order valence-electron chi connectivity index (χ1n) is 9.65. The number of methoxy groups -OCH3 is 1. The predicted molar refractivity (Wildman–Crippen MR) is 109 cm³/mol. The molecule has 156 valence electrons. The maximum atomic E-state index is 13.3. The number of pyridine rings is 1. The zero-order valence-corrected chi connectivity index (χ0v) is 16.7. The molecule has 1 atom stereocenters. The summed E-state index contributed by atoms with van der Waals surface area (Å²) in [5, 5.41) is 23.3. The SMILES string of the molecule is COc1cc(C2C(=C([O-])c3ccccc3)C(=O)C(=O)N2Cc2ccc[nH+]c2)ccc1O. The number of hydrogen-bond donors (Lipinski definition) is 1. The molecule has 0 bridgehead atoms. The largest absolute Gasteiger partial charge is 0.872 e. The van der Waals surface area contributed by atoms with Crippen LogP contribution in [0.15, 0.2) is 78.6 Å². The summed E-state index contributed by atoms with van der Waals surface area (Å²) in [5.41, 5.74) is 1.47. The lowest BCUT2D eigenvalue weighted by Crippen LogP contribution is -2.29. The number of Topliss-reactive ketones (excluding diaryl/α,β-unsaturated/α-hetero) is 1. The van der Waals surface area contributed by atoms with Gasteiger partial charge in [0.25, 0.3) is 5.91 Å². The molecule has 4 rings (SSSR count). The van der Waals surface area contributed by atoms with Crippen LogP contribution in [-0.2, 0) is 16.1 Å². The van der Waals surface area contributed by atoms with Gasteiger partial charge in [0.15, 0.2) is 23.9 Å². The van der Waals surface area contributed by atoms with Crippen molar-refractivity contribution < 1.29 is 29.5 Å². The standard InChI is InChI=1S/C24H20N2O5/c1-31-19-12-17(9-10-18(19)27)21-20(22(28)16-7-3-2-4-8-16)23(29)24(30)26(21)14-15-6-5-11-25-13-15/h2-13,21,27-28H,14H2,1H3. The van der Waals surface area contributed by atoms with E-state index in [1.165, 1.54) is 24.1 Å². The van der Waals surface area contributed by atoms with Crippen LogP contribution in [-0.4, -0.2) is 28.8 Å². The number of aromatic amines is 1. The number of aromatic hydroxyl groups is 1. The van der Waals surface area contributed by atoms with Crippen LogP contribution in [0.5, 0.6) is 11.5 Å². The Hall–Kier alpha value is -4.13. The Balaban J connectivity index is 1.89. The molecule has 1 aliphatic rings. The minimum Gasteiger partial charge on any atom is -0.872 e. The summed E-state index contributed by atoms with van der Waals surface area (Å²) < 4.78 is 5.20. The molecule has 7 heteroatoms. The molecule has 0 aliphatic carbocycles. The van der Waals surface area contributed by atoms with Gasteiger partial charge in [-0.15, -0.1) is 0 Å². The van der Waals surface area contributed by atoms with E-state index in [0.29, 0.717) is 11.1 Å². The van der Waals surface area contributed by atoms with Gasteiger partial charge in [-0.1, -0.05) is 42.2 Å². The fourth-order valence-corrected chi connectivity index (χ4v) is 3.71. The Morgan fingerprint density at radius 3 is 2.58 bits per heavy atom. The van der Waals surface area contributed by atoms with Crippen molar-refractivity contribution in [3.63, 3.8) is 0 Å². The summed E-state index contributed by atoms with van der Waals surface area (Å²) in [6.45, 7) is 0.126. The number of ketones is 1. The van der Waals surface area contributed by atoms with Gasteiger partial charge in [-0.05, 0) is 29.3 Å². The Bertz CT molecular complexity index is 1160. The first kappa shape index (κ1) is 20.2. The zero-order valence-electron chi connectivity index (χ0n) is 16.7. The maximum Gasteiger partial charge on any atom is 0.295 e. The smallest absolute Gasteiger partial charge is 0.295 e. The Labute approximate surface area is 178 Å². The van der Waals surface area contributed by atoms with Crippen molar-refractivity contribution in [2.45, 2.75) is 12.6 Å². The lowest BCUT2D eigenvalue weighted by Gasteiger charge is -2.27. The van der Waals surface area contributed by atoms with Gasteiger partial charge in [-0.3, -0.25) is 9.59 Å². The number of hydrogen-bond acceptors (Lipinski definition) is 5. The Morgan fingerprint density at radius 1 is 1.13 bits per heavy atom. The molecule has 7 nitrogen and oxygen atoms in total. The van der Waals surface area contributed by atoms with Crippen molar-refractivity contribution in [1.82, 2.24) is 4.90 Å². The normalized spacial score (nSPS) is 17.7. The Morgan fingerprint density at radius 2 is 1.90 bits per heavy atom. The number of carbonyl (C=O) groups is 2. The van der Waals surface area contributed by atoms with E-state index in [1.807, 2.05) is 6.07 Å². The van der Waals surface area contributed by atoms with Crippen LogP contribution in [0, 0.1) is 0 Å². The number of carbonyl (C=O) groups excluding carboxylic acids is 2. The van der Waals surface area contributed by atoms with E-state index < -0.39 is 23.5 Å². The molecule has 3 aromatic rings. The quantitative estimate of drug-likeness (QED) is 0.387. The van der Waals surface area contributed by atoms with Gasteiger partial charge in [0, 0.05) is 17.2 Å². The third-order valence-electron chi connectivity index (χ3n) is 5.21. The number of phenols is 1. The van der Waals surface area contributed by atoms with Gasteiger partial charge in [0.05, 0.1) is 19.7 Å². The molecule has 2 N–H and O–H groups in total. The van der Waals surface area contributed by atoms with E-state index in [1.54, 1.807) is 54.9 Å². The van der Waals surface area contributed by atoms with Gasteiger partial charge >= 0.3 is 0 Å². The summed E-state index contributed by atoms with van der Waals surface area (Å²) in [4.78, 5) is 30.3. The van der Waals surface area contributed by atoms with Crippen molar-refractivity contribution in [3.05, 3.63) is 95.3 Å². The highest BCUT2D eigenvalue weighted by Crippen LogP contribution is 2.41. The van der Waals surface area contributed by atoms with Gasteiger partial charge in [-0.2, -0.15) is 0 Å². The monoisotopic (exact) mass is 416 g/mol. The lowest BCUT2D eigenvalue weighted by atomic mass is 9.95. The number of rotatable bonds is 5. The third-order valence-corrected chi connectivity index (χ3v) is 5.21. The average Bonchev–Trinajstić information content (AvgIpc) is 3.05. The minimum absolute atomic E-state index is 0.0814. The summed E-state index contributed by atoms with van der Waals surface area (Å²) in [7, 11) is 1.40. The van der Waals surface area contributed by atoms with Crippen LogP contribution in [0.2, 0.25) is 0 Å². The number of H-pyrrole nitrogens is 1. The van der Waals surface area contributed by atoms with E-state index in [0.717, 1.165) is 5.56 Å². The molecular weight excluding hydrogens is 396 g/mol. The summed E-state index contributed by atoms with van der Waals surface area (Å²) >= 11 is 0. The van der Waals surface area contributed by atoms with E-state index in [9.17, 15) is 19.8 Å². The van der Waals surface area contributed by atoms with E-state index in [2.05, 4.69) is 4.98 Å². The van der Waals surface area contributed by atoms with Crippen LogP contribution in [0.4, 0.5) is 0 Å². The fourth-order valence-electron chi connectivity index (χ4n) is 3.71. The molecule has 0 saturated carbocycles. The highest BCUT2D eigenvalue weighted by molar-refractivity contribution is 6.46. The van der Waals surface area contributed by atoms with Crippen LogP contribution in [0.25, 0.3) is 5.76 Å². The molecule has 1 fully saturated rings. The molecule has 31 heavy (non-hydrogen) atoms.